The molecule has 7 heteroatoms. The van der Waals surface area contributed by atoms with Gasteiger partial charge in [0.2, 0.25) is 0 Å². The van der Waals surface area contributed by atoms with E-state index in [-0.39, 0.29) is 11.9 Å². The molecule has 2 heterocycles. The minimum absolute atomic E-state index is 0.127. The standard InChI is InChI=1S/C25H22ClN5O/c1-15(2)31-24-22(14-28-31)20(11-16(3)29-24)25(32)30-18-9-10-19(23(26)12-18)21(13-27)17-7-5-4-6-8-17/h4-12,14-15,21H,1-3H3,(H,30,32). The van der Waals surface area contributed by atoms with Crippen molar-refractivity contribution in [2.75, 3.05) is 5.32 Å². The average Bonchev–Trinajstić information content (AvgIpc) is 3.20. The predicted molar refractivity (Wildman–Crippen MR) is 126 cm³/mol. The van der Waals surface area contributed by atoms with Crippen molar-refractivity contribution in [3.63, 3.8) is 0 Å². The summed E-state index contributed by atoms with van der Waals surface area (Å²) in [6.45, 7) is 5.89. The van der Waals surface area contributed by atoms with Crippen molar-refractivity contribution in [3.05, 3.63) is 88.2 Å². The summed E-state index contributed by atoms with van der Waals surface area (Å²) >= 11 is 6.51. The van der Waals surface area contributed by atoms with Gasteiger partial charge in [0.05, 0.1) is 29.1 Å². The van der Waals surface area contributed by atoms with E-state index in [4.69, 9.17) is 11.6 Å². The van der Waals surface area contributed by atoms with Crippen LogP contribution in [0.5, 0.6) is 0 Å². The van der Waals surface area contributed by atoms with Gasteiger partial charge in [-0.3, -0.25) is 4.79 Å². The quantitative estimate of drug-likeness (QED) is 0.417. The lowest BCUT2D eigenvalue weighted by molar-refractivity contribution is 0.102. The number of hydrogen-bond acceptors (Lipinski definition) is 4. The Labute approximate surface area is 191 Å². The van der Waals surface area contributed by atoms with E-state index in [1.807, 2.05) is 51.1 Å². The van der Waals surface area contributed by atoms with Gasteiger partial charge in [0.25, 0.3) is 5.91 Å². The SMILES string of the molecule is Cc1cc(C(=O)Nc2ccc(C(C#N)c3ccccc3)c(Cl)c2)c2cnn(C(C)C)c2n1. The molecule has 0 spiro atoms. The maximum Gasteiger partial charge on any atom is 0.256 e. The van der Waals surface area contributed by atoms with E-state index >= 15 is 0 Å². The molecule has 4 rings (SSSR count). The lowest BCUT2D eigenvalue weighted by atomic mass is 9.92. The van der Waals surface area contributed by atoms with Gasteiger partial charge in [0.1, 0.15) is 0 Å². The highest BCUT2D eigenvalue weighted by atomic mass is 35.5. The molecule has 1 unspecified atom stereocenters. The minimum Gasteiger partial charge on any atom is -0.322 e. The highest BCUT2D eigenvalue weighted by Crippen LogP contribution is 2.32. The maximum absolute atomic E-state index is 13.1. The summed E-state index contributed by atoms with van der Waals surface area (Å²) in [4.78, 5) is 17.7. The van der Waals surface area contributed by atoms with E-state index in [9.17, 15) is 10.1 Å². The van der Waals surface area contributed by atoms with E-state index in [0.717, 1.165) is 11.3 Å². The largest absolute Gasteiger partial charge is 0.322 e. The van der Waals surface area contributed by atoms with Gasteiger partial charge in [-0.15, -0.1) is 0 Å². The predicted octanol–water partition coefficient (Wildman–Crippen LogP) is 5.88. The second kappa shape index (κ2) is 8.81. The van der Waals surface area contributed by atoms with Crippen LogP contribution in [0.4, 0.5) is 5.69 Å². The van der Waals surface area contributed by atoms with Gasteiger partial charge in [-0.1, -0.05) is 48.0 Å². The van der Waals surface area contributed by atoms with Gasteiger partial charge in [-0.2, -0.15) is 10.4 Å². The zero-order valence-corrected chi connectivity index (χ0v) is 18.8. The van der Waals surface area contributed by atoms with Gasteiger partial charge in [-0.05, 0) is 50.1 Å². The molecule has 1 N–H and O–H groups in total. The van der Waals surface area contributed by atoms with Gasteiger partial charge in [0.15, 0.2) is 5.65 Å². The molecule has 0 saturated heterocycles. The van der Waals surface area contributed by atoms with Crippen LogP contribution in [0.25, 0.3) is 11.0 Å². The zero-order chi connectivity index (χ0) is 22.8. The monoisotopic (exact) mass is 443 g/mol. The number of nitriles is 1. The second-order valence-electron chi connectivity index (χ2n) is 7.89. The number of aromatic nitrogens is 3. The van der Waals surface area contributed by atoms with Crippen LogP contribution < -0.4 is 5.32 Å². The van der Waals surface area contributed by atoms with E-state index in [0.29, 0.717) is 32.9 Å². The lowest BCUT2D eigenvalue weighted by Gasteiger charge is -2.14. The van der Waals surface area contributed by atoms with Crippen molar-refractivity contribution in [1.82, 2.24) is 14.8 Å². The number of pyridine rings is 1. The molecule has 2 aromatic heterocycles. The van der Waals surface area contributed by atoms with E-state index in [2.05, 4.69) is 21.5 Å². The van der Waals surface area contributed by atoms with E-state index < -0.39 is 5.92 Å². The normalized spacial score (nSPS) is 12.0. The van der Waals surface area contributed by atoms with Crippen LogP contribution in [0.2, 0.25) is 5.02 Å². The Morgan fingerprint density at radius 1 is 1.16 bits per heavy atom. The molecule has 0 aliphatic rings. The molecule has 1 atom stereocenters. The Hall–Kier alpha value is -3.69. The topological polar surface area (TPSA) is 83.6 Å². The fourth-order valence-corrected chi connectivity index (χ4v) is 4.01. The molecule has 0 radical (unpaired) electrons. The lowest BCUT2D eigenvalue weighted by Crippen LogP contribution is -2.13. The Morgan fingerprint density at radius 2 is 1.91 bits per heavy atom. The summed E-state index contributed by atoms with van der Waals surface area (Å²) in [5.74, 6) is -0.759. The first-order chi connectivity index (χ1) is 15.4. The Kier molecular flexibility index (Phi) is 5.93. The molecule has 0 aliphatic carbocycles. The van der Waals surface area contributed by atoms with Gasteiger partial charge in [0, 0.05) is 22.4 Å². The van der Waals surface area contributed by atoms with Gasteiger partial charge < -0.3 is 5.32 Å². The summed E-state index contributed by atoms with van der Waals surface area (Å²) in [7, 11) is 0. The number of hydrogen-bond donors (Lipinski definition) is 1. The maximum atomic E-state index is 13.1. The van der Waals surface area contributed by atoms with Crippen molar-refractivity contribution in [1.29, 1.82) is 5.26 Å². The molecule has 6 nitrogen and oxygen atoms in total. The summed E-state index contributed by atoms with van der Waals surface area (Å²) < 4.78 is 1.80. The molecule has 1 amide bonds. The molecule has 32 heavy (non-hydrogen) atoms. The number of carbonyl (C=O) groups excluding carboxylic acids is 1. The number of anilines is 1. The van der Waals surface area contributed by atoms with Crippen molar-refractivity contribution < 1.29 is 4.79 Å². The van der Waals surface area contributed by atoms with E-state index in [1.165, 1.54) is 0 Å². The van der Waals surface area contributed by atoms with Crippen LogP contribution in [-0.4, -0.2) is 20.7 Å². The summed E-state index contributed by atoms with van der Waals surface area (Å²) in [5.41, 5.74) is 4.02. The molecule has 2 aromatic carbocycles. The number of carbonyl (C=O) groups is 1. The van der Waals surface area contributed by atoms with Crippen molar-refractivity contribution >= 4 is 34.2 Å². The summed E-state index contributed by atoms with van der Waals surface area (Å²) in [6, 6.07) is 18.9. The molecule has 0 saturated carbocycles. The minimum atomic E-state index is -0.488. The van der Waals surface area contributed by atoms with E-state index in [1.54, 1.807) is 35.1 Å². The highest BCUT2D eigenvalue weighted by Gasteiger charge is 2.19. The Balaban J connectivity index is 1.64. The number of rotatable bonds is 5. The van der Waals surface area contributed by atoms with Crippen molar-refractivity contribution in [3.8, 4) is 6.07 Å². The Bertz CT molecular complexity index is 1340. The smallest absolute Gasteiger partial charge is 0.256 e. The number of amides is 1. The molecular formula is C25H22ClN5O. The van der Waals surface area contributed by atoms with Crippen LogP contribution in [0.1, 0.15) is 53.0 Å². The summed E-state index contributed by atoms with van der Waals surface area (Å²) in [6.07, 6.45) is 1.67. The number of benzene rings is 2. The molecule has 4 aromatic rings. The fourth-order valence-electron chi connectivity index (χ4n) is 3.72. The van der Waals surface area contributed by atoms with Crippen molar-refractivity contribution in [2.45, 2.75) is 32.7 Å². The average molecular weight is 444 g/mol. The van der Waals surface area contributed by atoms with Crippen LogP contribution in [0, 0.1) is 18.3 Å². The van der Waals surface area contributed by atoms with Gasteiger partial charge in [-0.25, -0.2) is 9.67 Å². The van der Waals surface area contributed by atoms with Crippen LogP contribution in [-0.2, 0) is 0 Å². The highest BCUT2D eigenvalue weighted by molar-refractivity contribution is 6.32. The van der Waals surface area contributed by atoms with Crippen LogP contribution >= 0.6 is 11.6 Å². The molecular weight excluding hydrogens is 422 g/mol. The third-order valence-corrected chi connectivity index (χ3v) is 5.59. The molecule has 160 valence electrons. The number of halogens is 1. The number of nitrogens with zero attached hydrogens (tertiary/aromatic N) is 4. The first kappa shape index (κ1) is 21.5. The third-order valence-electron chi connectivity index (χ3n) is 5.26. The summed E-state index contributed by atoms with van der Waals surface area (Å²) in [5, 5.41) is 18.1. The first-order valence-electron chi connectivity index (χ1n) is 10.3. The fraction of sp³-hybridized carbons (Fsp3) is 0.200. The number of aryl methyl sites for hydroxylation is 1. The Morgan fingerprint density at radius 3 is 2.56 bits per heavy atom. The molecule has 0 fully saturated rings. The van der Waals surface area contributed by atoms with Crippen LogP contribution in [0.3, 0.4) is 0 Å². The number of fused-ring (bicyclic) bond motifs is 1. The molecule has 0 aliphatic heterocycles. The van der Waals surface area contributed by atoms with Crippen LogP contribution in [0.15, 0.2) is 60.8 Å². The first-order valence-corrected chi connectivity index (χ1v) is 10.7. The zero-order valence-electron chi connectivity index (χ0n) is 18.0. The van der Waals surface area contributed by atoms with Crippen molar-refractivity contribution in [2.24, 2.45) is 0 Å². The van der Waals surface area contributed by atoms with Gasteiger partial charge >= 0.3 is 0 Å². The third kappa shape index (κ3) is 4.08. The second-order valence-corrected chi connectivity index (χ2v) is 8.30. The number of nitrogens with one attached hydrogen (secondary N) is 1. The molecule has 0 bridgehead atoms.